The van der Waals surface area contributed by atoms with Crippen LogP contribution in [-0.2, 0) is 14.3 Å². The van der Waals surface area contributed by atoms with Crippen LogP contribution in [0.2, 0.25) is 0 Å². The molecule has 0 bridgehead atoms. The Bertz CT molecular complexity index is 181. The van der Waals surface area contributed by atoms with Crippen molar-refractivity contribution in [2.45, 2.75) is 26.1 Å². The lowest BCUT2D eigenvalue weighted by Gasteiger charge is -2.09. The molecule has 0 unspecified atom stereocenters. The van der Waals surface area contributed by atoms with Crippen LogP contribution in [0, 0.1) is 0 Å². The van der Waals surface area contributed by atoms with E-state index in [2.05, 4.69) is 9.85 Å². The molecule has 0 spiro atoms. The molecule has 0 rings (SSSR count). The van der Waals surface area contributed by atoms with E-state index in [4.69, 9.17) is 6.54 Å². The molecular weight excluding hydrogens is 152 g/mol. The number of hydrogen-bond donors (Lipinski definition) is 2. The topological polar surface area (TPSA) is 83.8 Å². The summed E-state index contributed by atoms with van der Waals surface area (Å²) in [7, 11) is 0. The van der Waals surface area contributed by atoms with E-state index in [1.165, 1.54) is 13.8 Å². The number of carboxylic acids is 1. The summed E-state index contributed by atoms with van der Waals surface area (Å²) >= 11 is 0. The van der Waals surface area contributed by atoms with Crippen molar-refractivity contribution >= 4 is 11.9 Å². The second-order valence-electron chi connectivity index (χ2n) is 2.06. The molecule has 0 saturated heterocycles. The highest BCUT2D eigenvalue weighted by molar-refractivity contribution is 5.79. The van der Waals surface area contributed by atoms with E-state index in [9.17, 15) is 9.59 Å². The Morgan fingerprint density at radius 3 is 2.45 bits per heavy atom. The van der Waals surface area contributed by atoms with Gasteiger partial charge in [-0.15, -0.1) is 0 Å². The predicted octanol–water partition coefficient (Wildman–Crippen LogP) is -0.617. The molecule has 2 N–H and O–H groups in total. The van der Waals surface area contributed by atoms with Crippen LogP contribution in [0.5, 0.6) is 0 Å². The standard InChI is InChI=1S/C6H10O5/c1-3(7)6(10)11-4(2)5(8)9/h3-4,7H,1-2H3,(H,8,9)/t3-,4-/m0/s1/i7T. The van der Waals surface area contributed by atoms with Gasteiger partial charge in [0.25, 0.3) is 0 Å². The van der Waals surface area contributed by atoms with E-state index in [0.717, 1.165) is 0 Å². The van der Waals surface area contributed by atoms with E-state index in [1.54, 1.807) is 0 Å². The van der Waals surface area contributed by atoms with Gasteiger partial charge in [0, 0.05) is 0 Å². The SMILES string of the molecule is [3H]O[C@@H](C)C(=O)O[C@@H](C)C(=O)O. The molecule has 0 aliphatic rings. The molecule has 0 heterocycles. The van der Waals surface area contributed by atoms with Gasteiger partial charge in [0.1, 0.15) is 6.10 Å². The third-order valence-electron chi connectivity index (χ3n) is 0.973. The lowest BCUT2D eigenvalue weighted by Crippen LogP contribution is -2.29. The third-order valence-corrected chi connectivity index (χ3v) is 0.973. The lowest BCUT2D eigenvalue weighted by molar-refractivity contribution is -0.168. The number of aliphatic hydroxyl groups excluding tert-OH is 1. The van der Waals surface area contributed by atoms with Crippen molar-refractivity contribution in [1.29, 1.82) is 1.43 Å². The average molecular weight is 164 g/mol. The molecule has 0 aliphatic carbocycles. The van der Waals surface area contributed by atoms with E-state index in [1.807, 2.05) is 0 Å². The summed E-state index contributed by atoms with van der Waals surface area (Å²) in [5.74, 6) is -2.10. The molecule has 0 radical (unpaired) electrons. The molecule has 11 heavy (non-hydrogen) atoms. The highest BCUT2D eigenvalue weighted by Gasteiger charge is 2.18. The smallest absolute Gasteiger partial charge is 0.344 e. The normalized spacial score (nSPS) is 16.4. The van der Waals surface area contributed by atoms with Crippen LogP contribution in [0.25, 0.3) is 0 Å². The average Bonchev–Trinajstić information content (AvgIpc) is 2.02. The summed E-state index contributed by atoms with van der Waals surface area (Å²) in [6, 6.07) is 0. The summed E-state index contributed by atoms with van der Waals surface area (Å²) in [5.41, 5.74) is 0. The van der Waals surface area contributed by atoms with Crippen molar-refractivity contribution in [3.05, 3.63) is 0 Å². The number of ether oxygens (including phenoxy) is 1. The Morgan fingerprint density at radius 1 is 1.55 bits per heavy atom. The Hall–Kier alpha value is -1.10. The Labute approximate surface area is 65.1 Å². The van der Waals surface area contributed by atoms with Gasteiger partial charge in [-0.05, 0) is 13.8 Å². The predicted molar refractivity (Wildman–Crippen MR) is 34.9 cm³/mol. The largest absolute Gasteiger partial charge is 0.479 e. The molecule has 0 fully saturated rings. The van der Waals surface area contributed by atoms with Gasteiger partial charge < -0.3 is 15.0 Å². The summed E-state index contributed by atoms with van der Waals surface area (Å²) in [4.78, 5) is 20.9. The number of esters is 1. The maximum Gasteiger partial charge on any atom is 0.344 e. The van der Waals surface area contributed by atoms with Gasteiger partial charge in [-0.2, -0.15) is 0 Å². The first-order valence-corrected chi connectivity index (χ1v) is 3.04. The van der Waals surface area contributed by atoms with Crippen molar-refractivity contribution in [1.82, 2.24) is 0 Å². The van der Waals surface area contributed by atoms with Crippen LogP contribution in [0.4, 0.5) is 0 Å². The zero-order valence-electron chi connectivity index (χ0n) is 7.23. The second-order valence-corrected chi connectivity index (χ2v) is 2.06. The quantitative estimate of drug-likeness (QED) is 0.541. The van der Waals surface area contributed by atoms with Gasteiger partial charge in [0.15, 0.2) is 6.10 Å². The minimum Gasteiger partial charge on any atom is -0.479 e. The zero-order valence-corrected chi connectivity index (χ0v) is 6.23. The van der Waals surface area contributed by atoms with Crippen molar-refractivity contribution in [3.8, 4) is 0 Å². The highest BCUT2D eigenvalue weighted by atomic mass is 16.6. The Morgan fingerprint density at radius 2 is 2.09 bits per heavy atom. The number of carbonyl (C=O) groups is 2. The zero-order chi connectivity index (χ0) is 9.72. The van der Waals surface area contributed by atoms with Crippen molar-refractivity contribution in [2.24, 2.45) is 0 Å². The fourth-order valence-corrected chi connectivity index (χ4v) is 0.320. The summed E-state index contributed by atoms with van der Waals surface area (Å²) < 4.78 is 10.7. The summed E-state index contributed by atoms with van der Waals surface area (Å²) in [6.07, 6.45) is -2.28. The number of aliphatic hydroxyl groups is 1. The number of rotatable bonds is 4. The maximum atomic E-state index is 10.8. The van der Waals surface area contributed by atoms with Crippen molar-refractivity contribution in [3.63, 3.8) is 0 Å². The van der Waals surface area contributed by atoms with Crippen LogP contribution in [0.15, 0.2) is 0 Å². The first kappa shape index (κ1) is 8.00. The molecule has 5 heteroatoms. The molecule has 0 amide bonds. The van der Waals surface area contributed by atoms with Crippen LogP contribution < -0.4 is 0 Å². The molecule has 0 aromatic rings. The molecular formula is C6H10O5. The van der Waals surface area contributed by atoms with E-state index in [0.29, 0.717) is 0 Å². The number of hydrogen-bond acceptors (Lipinski definition) is 4. The number of carbonyl (C=O) groups excluding carboxylic acids is 1. The van der Waals surface area contributed by atoms with E-state index >= 15 is 0 Å². The molecule has 0 aromatic heterocycles. The van der Waals surface area contributed by atoms with E-state index < -0.39 is 24.1 Å². The molecule has 0 aromatic carbocycles. The van der Waals surface area contributed by atoms with Crippen molar-refractivity contribution in [2.75, 3.05) is 0 Å². The minimum atomic E-state index is -1.24. The molecule has 5 nitrogen and oxygen atoms in total. The monoisotopic (exact) mass is 164 g/mol. The van der Waals surface area contributed by atoms with Gasteiger partial charge in [0.05, 0.1) is 0 Å². The summed E-state index contributed by atoms with van der Waals surface area (Å²) in [5, 5.41) is 12.2. The number of aliphatic carboxylic acids is 1. The van der Waals surface area contributed by atoms with Gasteiger partial charge in [-0.1, -0.05) is 0 Å². The first-order valence-electron chi connectivity index (χ1n) is 3.45. The first-order chi connectivity index (χ1) is 5.49. The van der Waals surface area contributed by atoms with Crippen LogP contribution in [-0.4, -0.2) is 35.8 Å². The van der Waals surface area contributed by atoms with Crippen LogP contribution >= 0.6 is 0 Å². The number of carboxylic acid groups (broad SMARTS) is 1. The van der Waals surface area contributed by atoms with Gasteiger partial charge in [-0.25, -0.2) is 9.59 Å². The Balaban J connectivity index is 3.92. The fraction of sp³-hybridized carbons (Fsp3) is 0.667. The summed E-state index contributed by atoms with van der Waals surface area (Å²) in [6.45, 7) is 2.51. The maximum absolute atomic E-state index is 10.8. The minimum absolute atomic E-state index is 0.861. The lowest BCUT2D eigenvalue weighted by atomic mass is 10.4. The second kappa shape index (κ2) is 3.92. The van der Waals surface area contributed by atoms with Crippen LogP contribution in [0.3, 0.4) is 0 Å². The van der Waals surface area contributed by atoms with Gasteiger partial charge in [0.2, 0.25) is 1.43 Å². The molecule has 0 aliphatic heterocycles. The molecule has 0 saturated carbocycles. The fourth-order valence-electron chi connectivity index (χ4n) is 0.320. The highest BCUT2D eigenvalue weighted by Crippen LogP contribution is 1.94. The Kier molecular flexibility index (Phi) is 2.85. The van der Waals surface area contributed by atoms with E-state index in [-0.39, 0.29) is 0 Å². The van der Waals surface area contributed by atoms with Gasteiger partial charge in [-0.3, -0.25) is 0 Å². The van der Waals surface area contributed by atoms with Crippen LogP contribution in [0.1, 0.15) is 13.8 Å². The third kappa shape index (κ3) is 3.57. The van der Waals surface area contributed by atoms with Crippen molar-refractivity contribution < 1.29 is 24.5 Å². The molecule has 64 valence electrons. The van der Waals surface area contributed by atoms with Gasteiger partial charge >= 0.3 is 11.9 Å². The molecule has 2 atom stereocenters.